The zero-order valence-corrected chi connectivity index (χ0v) is 15.9. The Hall–Kier alpha value is -3.06. The molecule has 0 radical (unpaired) electrons. The molecule has 2 aromatic rings. The lowest BCUT2D eigenvalue weighted by Gasteiger charge is -2.27. The van der Waals surface area contributed by atoms with E-state index in [1.54, 1.807) is 29.2 Å². The Balaban J connectivity index is 1.54. The van der Waals surface area contributed by atoms with Gasteiger partial charge in [0.05, 0.1) is 26.4 Å². The highest BCUT2D eigenvalue weighted by atomic mass is 16.5. The second-order valence-electron chi connectivity index (χ2n) is 6.35. The van der Waals surface area contributed by atoms with Gasteiger partial charge in [-0.05, 0) is 37.3 Å². The Morgan fingerprint density at radius 1 is 1.07 bits per heavy atom. The second-order valence-corrected chi connectivity index (χ2v) is 6.35. The van der Waals surface area contributed by atoms with Crippen LogP contribution in [0.5, 0.6) is 5.75 Å². The maximum absolute atomic E-state index is 12.6. The highest BCUT2D eigenvalue weighted by molar-refractivity contribution is 5.96. The number of carbonyl (C=O) groups is 2. The van der Waals surface area contributed by atoms with Crippen molar-refractivity contribution in [1.82, 2.24) is 4.90 Å². The summed E-state index contributed by atoms with van der Waals surface area (Å²) < 4.78 is 10.7. The van der Waals surface area contributed by atoms with Crippen LogP contribution in [0.1, 0.15) is 17.3 Å². The van der Waals surface area contributed by atoms with Crippen LogP contribution in [0, 0.1) is 0 Å². The van der Waals surface area contributed by atoms with Crippen LogP contribution in [0.25, 0.3) is 0 Å². The molecule has 1 heterocycles. The number of amides is 2. The molecule has 7 heteroatoms. The molecule has 0 unspecified atom stereocenters. The molecule has 7 nitrogen and oxygen atoms in total. The molecule has 0 aromatic heterocycles. The van der Waals surface area contributed by atoms with Crippen LogP contribution in [0.2, 0.25) is 0 Å². The first kappa shape index (κ1) is 19.7. The number of rotatable bonds is 7. The van der Waals surface area contributed by atoms with Crippen LogP contribution in [0.4, 0.5) is 11.4 Å². The molecule has 0 aliphatic carbocycles. The summed E-state index contributed by atoms with van der Waals surface area (Å²) >= 11 is 0. The van der Waals surface area contributed by atoms with Crippen LogP contribution < -0.4 is 15.4 Å². The van der Waals surface area contributed by atoms with Crippen molar-refractivity contribution in [1.29, 1.82) is 0 Å². The minimum atomic E-state index is -0.182. The van der Waals surface area contributed by atoms with Crippen molar-refractivity contribution in [3.8, 4) is 5.75 Å². The molecule has 1 aliphatic heterocycles. The molecule has 2 aromatic carbocycles. The lowest BCUT2D eigenvalue weighted by atomic mass is 10.1. The predicted molar refractivity (Wildman–Crippen MR) is 108 cm³/mol. The van der Waals surface area contributed by atoms with Gasteiger partial charge in [-0.25, -0.2) is 0 Å². The Morgan fingerprint density at radius 3 is 2.61 bits per heavy atom. The maximum atomic E-state index is 12.6. The van der Waals surface area contributed by atoms with Gasteiger partial charge >= 0.3 is 0 Å². The van der Waals surface area contributed by atoms with Crippen LogP contribution >= 0.6 is 0 Å². The zero-order chi connectivity index (χ0) is 19.8. The van der Waals surface area contributed by atoms with E-state index in [0.29, 0.717) is 49.9 Å². The molecule has 3 rings (SSSR count). The summed E-state index contributed by atoms with van der Waals surface area (Å²) in [5, 5.41) is 5.89. The van der Waals surface area contributed by atoms with Gasteiger partial charge in [-0.2, -0.15) is 0 Å². The quantitative estimate of drug-likeness (QED) is 0.768. The van der Waals surface area contributed by atoms with Gasteiger partial charge in [-0.15, -0.1) is 0 Å². The van der Waals surface area contributed by atoms with Gasteiger partial charge in [0.15, 0.2) is 0 Å². The summed E-state index contributed by atoms with van der Waals surface area (Å²) in [6.45, 7) is 4.89. The molecule has 1 saturated heterocycles. The van der Waals surface area contributed by atoms with E-state index in [4.69, 9.17) is 9.47 Å². The number of hydrogen-bond donors (Lipinski definition) is 2. The lowest BCUT2D eigenvalue weighted by molar-refractivity contribution is -0.114. The van der Waals surface area contributed by atoms with Gasteiger partial charge in [0.2, 0.25) is 5.91 Å². The van der Waals surface area contributed by atoms with Gasteiger partial charge in [0.1, 0.15) is 5.75 Å². The third-order valence-electron chi connectivity index (χ3n) is 4.29. The van der Waals surface area contributed by atoms with Crippen molar-refractivity contribution in [2.45, 2.75) is 6.92 Å². The average molecular weight is 383 g/mol. The van der Waals surface area contributed by atoms with E-state index in [-0.39, 0.29) is 18.4 Å². The zero-order valence-electron chi connectivity index (χ0n) is 15.9. The van der Waals surface area contributed by atoms with Crippen molar-refractivity contribution in [2.75, 3.05) is 50.1 Å². The molecule has 0 bridgehead atoms. The molecule has 0 spiro atoms. The fraction of sp³-hybridized carbons (Fsp3) is 0.333. The van der Waals surface area contributed by atoms with Crippen LogP contribution in [0.15, 0.2) is 48.5 Å². The summed E-state index contributed by atoms with van der Waals surface area (Å²) in [5.74, 6) is 0.505. The number of hydrogen-bond acceptors (Lipinski definition) is 5. The summed E-state index contributed by atoms with van der Waals surface area (Å²) in [5.41, 5.74) is 1.99. The number of nitrogens with one attached hydrogen (secondary N) is 2. The van der Waals surface area contributed by atoms with Crippen LogP contribution in [-0.4, -0.2) is 56.2 Å². The lowest BCUT2D eigenvalue weighted by Crippen LogP contribution is -2.40. The number of benzene rings is 2. The molecule has 2 amide bonds. The van der Waals surface area contributed by atoms with E-state index in [1.165, 1.54) is 0 Å². The second kappa shape index (κ2) is 9.75. The summed E-state index contributed by atoms with van der Waals surface area (Å²) in [7, 11) is 0. The van der Waals surface area contributed by atoms with Crippen LogP contribution in [-0.2, 0) is 9.53 Å². The van der Waals surface area contributed by atoms with E-state index in [1.807, 2.05) is 31.2 Å². The van der Waals surface area contributed by atoms with Gasteiger partial charge in [-0.3, -0.25) is 9.59 Å². The minimum Gasteiger partial charge on any atom is -0.494 e. The highest BCUT2D eigenvalue weighted by Crippen LogP contribution is 2.17. The van der Waals surface area contributed by atoms with Crippen LogP contribution in [0.3, 0.4) is 0 Å². The number of carbonyl (C=O) groups excluding carboxylic acids is 2. The minimum absolute atomic E-state index is 0.0239. The number of anilines is 2. The number of nitrogens with zero attached hydrogens (tertiary/aromatic N) is 1. The Labute approximate surface area is 164 Å². The summed E-state index contributed by atoms with van der Waals surface area (Å²) in [4.78, 5) is 26.6. The Morgan fingerprint density at radius 2 is 1.82 bits per heavy atom. The maximum Gasteiger partial charge on any atom is 0.254 e. The standard InChI is InChI=1S/C21H25N3O4/c1-2-28-19-8-4-7-18(14-19)23-20(25)15-22-17-6-3-5-16(13-17)21(26)24-9-11-27-12-10-24/h3-8,13-14,22H,2,9-12,15H2,1H3,(H,23,25). The van der Waals surface area contributed by atoms with E-state index >= 15 is 0 Å². The van der Waals surface area contributed by atoms with Gasteiger partial charge < -0.3 is 25.0 Å². The molecular weight excluding hydrogens is 358 g/mol. The Kier molecular flexibility index (Phi) is 6.86. The van der Waals surface area contributed by atoms with Gasteiger partial charge in [-0.1, -0.05) is 12.1 Å². The average Bonchev–Trinajstić information content (AvgIpc) is 2.73. The fourth-order valence-electron chi connectivity index (χ4n) is 2.93. The Bertz CT molecular complexity index is 819. The molecular formula is C21H25N3O4. The summed E-state index contributed by atoms with van der Waals surface area (Å²) in [6.07, 6.45) is 0. The van der Waals surface area contributed by atoms with Crippen molar-refractivity contribution in [3.05, 3.63) is 54.1 Å². The number of morpholine rings is 1. The van der Waals surface area contributed by atoms with Gasteiger partial charge in [0.25, 0.3) is 5.91 Å². The van der Waals surface area contributed by atoms with Gasteiger partial charge in [0, 0.05) is 36.1 Å². The fourth-order valence-corrected chi connectivity index (χ4v) is 2.93. The largest absolute Gasteiger partial charge is 0.494 e. The topological polar surface area (TPSA) is 79.9 Å². The van der Waals surface area contributed by atoms with E-state index in [2.05, 4.69) is 10.6 Å². The first-order valence-corrected chi connectivity index (χ1v) is 9.39. The van der Waals surface area contributed by atoms with E-state index in [0.717, 1.165) is 5.69 Å². The van der Waals surface area contributed by atoms with Crippen molar-refractivity contribution in [3.63, 3.8) is 0 Å². The molecule has 1 fully saturated rings. The summed E-state index contributed by atoms with van der Waals surface area (Å²) in [6, 6.07) is 14.4. The molecule has 148 valence electrons. The first-order valence-electron chi connectivity index (χ1n) is 9.39. The third kappa shape index (κ3) is 5.47. The SMILES string of the molecule is CCOc1cccc(NC(=O)CNc2cccc(C(=O)N3CCOCC3)c2)c1. The first-order chi connectivity index (χ1) is 13.7. The molecule has 2 N–H and O–H groups in total. The molecule has 28 heavy (non-hydrogen) atoms. The molecule has 0 saturated carbocycles. The molecule has 1 aliphatic rings. The van der Waals surface area contributed by atoms with E-state index in [9.17, 15) is 9.59 Å². The van der Waals surface area contributed by atoms with E-state index < -0.39 is 0 Å². The van der Waals surface area contributed by atoms with Crippen molar-refractivity contribution in [2.24, 2.45) is 0 Å². The smallest absolute Gasteiger partial charge is 0.254 e. The van der Waals surface area contributed by atoms with Crippen molar-refractivity contribution < 1.29 is 19.1 Å². The monoisotopic (exact) mass is 383 g/mol. The number of ether oxygens (including phenoxy) is 2. The van der Waals surface area contributed by atoms with Crippen molar-refractivity contribution >= 4 is 23.2 Å². The predicted octanol–water partition coefficient (Wildman–Crippen LogP) is 2.61. The highest BCUT2D eigenvalue weighted by Gasteiger charge is 2.18. The normalized spacial score (nSPS) is 13.7. The molecule has 0 atom stereocenters. The third-order valence-corrected chi connectivity index (χ3v) is 4.29.